The van der Waals surface area contributed by atoms with E-state index in [0.29, 0.717) is 22.0 Å². The highest BCUT2D eigenvalue weighted by molar-refractivity contribution is 7.89. The predicted octanol–water partition coefficient (Wildman–Crippen LogP) is 3.42. The topological polar surface area (TPSA) is 123 Å². The summed E-state index contributed by atoms with van der Waals surface area (Å²) in [5.41, 5.74) is 0.927. The molecular formula is C18H16N4O5S3. The van der Waals surface area contributed by atoms with Gasteiger partial charge < -0.3 is 0 Å². The van der Waals surface area contributed by atoms with E-state index in [1.54, 1.807) is 24.4 Å². The number of carbonyl (C=O) groups excluding carboxylic acids is 1. The molecule has 156 valence electrons. The lowest BCUT2D eigenvalue weighted by atomic mass is 10.2. The molecule has 4 rings (SSSR count). The molecule has 0 radical (unpaired) electrons. The molecule has 0 bridgehead atoms. The van der Waals surface area contributed by atoms with Crippen LogP contribution in [0.25, 0.3) is 0 Å². The van der Waals surface area contributed by atoms with Gasteiger partial charge in [0.25, 0.3) is 11.6 Å². The van der Waals surface area contributed by atoms with Crippen molar-refractivity contribution < 1.29 is 18.1 Å². The van der Waals surface area contributed by atoms with Crippen LogP contribution in [0.3, 0.4) is 0 Å². The number of nitro groups is 1. The molecule has 0 saturated heterocycles. The molecule has 1 amide bonds. The van der Waals surface area contributed by atoms with Gasteiger partial charge in [-0.15, -0.1) is 22.7 Å². The quantitative estimate of drug-likeness (QED) is 0.456. The largest absolute Gasteiger partial charge is 0.297 e. The van der Waals surface area contributed by atoms with E-state index < -0.39 is 14.9 Å². The number of fused-ring (bicyclic) bond motifs is 1. The fourth-order valence-corrected chi connectivity index (χ4v) is 6.49. The molecule has 3 aromatic rings. The molecule has 1 N–H and O–H groups in total. The molecule has 12 heteroatoms. The summed E-state index contributed by atoms with van der Waals surface area (Å²) in [5.74, 6) is -0.257. The van der Waals surface area contributed by atoms with Crippen LogP contribution < -0.4 is 5.32 Å². The number of thiazole rings is 1. The van der Waals surface area contributed by atoms with E-state index in [9.17, 15) is 23.3 Å². The number of aromatic nitrogens is 1. The van der Waals surface area contributed by atoms with Crippen LogP contribution in [0.2, 0.25) is 0 Å². The van der Waals surface area contributed by atoms with Gasteiger partial charge >= 0.3 is 0 Å². The molecule has 1 aliphatic heterocycles. The smallest absolute Gasteiger partial charge is 0.270 e. The second-order valence-electron chi connectivity index (χ2n) is 6.62. The zero-order valence-corrected chi connectivity index (χ0v) is 18.1. The van der Waals surface area contributed by atoms with Gasteiger partial charge in [0.05, 0.1) is 26.9 Å². The van der Waals surface area contributed by atoms with E-state index >= 15 is 0 Å². The Balaban J connectivity index is 1.57. The molecule has 9 nitrogen and oxygen atoms in total. The predicted molar refractivity (Wildman–Crippen MR) is 114 cm³/mol. The molecule has 0 aliphatic carbocycles. The molecule has 3 heterocycles. The first-order chi connectivity index (χ1) is 14.3. The minimum absolute atomic E-state index is 0.0733. The molecule has 0 spiro atoms. The van der Waals surface area contributed by atoms with Crippen LogP contribution in [0, 0.1) is 17.0 Å². The lowest BCUT2D eigenvalue weighted by molar-refractivity contribution is -0.385. The number of hydrogen-bond donors (Lipinski definition) is 1. The zero-order chi connectivity index (χ0) is 21.5. The molecule has 2 aromatic heterocycles. The number of amides is 1. The molecule has 0 atom stereocenters. The Bertz CT molecular complexity index is 1230. The molecule has 0 unspecified atom stereocenters. The number of anilines is 1. The number of nitrogens with zero attached hydrogens (tertiary/aromatic N) is 3. The van der Waals surface area contributed by atoms with Crippen LogP contribution >= 0.6 is 22.7 Å². The van der Waals surface area contributed by atoms with Crippen molar-refractivity contribution in [1.29, 1.82) is 0 Å². The van der Waals surface area contributed by atoms with E-state index in [4.69, 9.17) is 0 Å². The summed E-state index contributed by atoms with van der Waals surface area (Å²) >= 11 is 2.56. The van der Waals surface area contributed by atoms with Crippen molar-refractivity contribution in [3.63, 3.8) is 0 Å². The number of nitrogens with one attached hydrogen (secondary N) is 1. The molecule has 1 aliphatic rings. The summed E-state index contributed by atoms with van der Waals surface area (Å²) in [5, 5.41) is 16.0. The molecular weight excluding hydrogens is 448 g/mol. The third-order valence-electron chi connectivity index (χ3n) is 4.66. The SMILES string of the molecule is Cc1ccc([N+](=O)[O-])cc1S(=O)(=O)N1CCc2nc(NC(=O)c3cccs3)sc2C1. The fourth-order valence-electron chi connectivity index (χ4n) is 3.12. The number of aryl methyl sites for hydroxylation is 1. The van der Waals surface area contributed by atoms with Gasteiger partial charge in [-0.1, -0.05) is 12.1 Å². The first-order valence-electron chi connectivity index (χ1n) is 8.84. The Hall–Kier alpha value is -2.67. The van der Waals surface area contributed by atoms with Gasteiger partial charge in [0.1, 0.15) is 0 Å². The maximum atomic E-state index is 13.2. The molecule has 1 aromatic carbocycles. The highest BCUT2D eigenvalue weighted by Gasteiger charge is 2.32. The minimum Gasteiger partial charge on any atom is -0.297 e. The maximum Gasteiger partial charge on any atom is 0.270 e. The first-order valence-corrected chi connectivity index (χ1v) is 12.0. The van der Waals surface area contributed by atoms with Crippen molar-refractivity contribution in [2.75, 3.05) is 11.9 Å². The molecule has 0 fully saturated rings. The summed E-state index contributed by atoms with van der Waals surface area (Å²) in [6, 6.07) is 7.31. The number of nitro benzene ring substituents is 1. The van der Waals surface area contributed by atoms with Gasteiger partial charge in [-0.25, -0.2) is 13.4 Å². The van der Waals surface area contributed by atoms with Crippen LogP contribution in [0.1, 0.15) is 25.8 Å². The third kappa shape index (κ3) is 3.86. The van der Waals surface area contributed by atoms with Gasteiger partial charge in [0.15, 0.2) is 5.13 Å². The zero-order valence-electron chi connectivity index (χ0n) is 15.7. The molecule has 0 saturated carbocycles. The third-order valence-corrected chi connectivity index (χ3v) is 8.52. The number of benzene rings is 1. The summed E-state index contributed by atoms with van der Waals surface area (Å²) in [4.78, 5) is 28.3. The van der Waals surface area contributed by atoms with Gasteiger partial charge in [-0.3, -0.25) is 20.2 Å². The van der Waals surface area contributed by atoms with Crippen molar-refractivity contribution >= 4 is 49.4 Å². The summed E-state index contributed by atoms with van der Waals surface area (Å²) < 4.78 is 27.6. The normalized spacial score (nSPS) is 14.3. The number of rotatable bonds is 5. The lowest BCUT2D eigenvalue weighted by Gasteiger charge is -2.25. The summed E-state index contributed by atoms with van der Waals surface area (Å²) in [6.45, 7) is 1.92. The van der Waals surface area contributed by atoms with Crippen molar-refractivity contribution in [3.8, 4) is 0 Å². The van der Waals surface area contributed by atoms with E-state index in [1.807, 2.05) is 0 Å². The van der Waals surface area contributed by atoms with Gasteiger partial charge in [-0.2, -0.15) is 4.31 Å². The monoisotopic (exact) mass is 464 g/mol. The second-order valence-corrected chi connectivity index (χ2v) is 10.6. The highest BCUT2D eigenvalue weighted by atomic mass is 32.2. The van der Waals surface area contributed by atoms with Crippen molar-refractivity contribution in [3.05, 3.63) is 66.8 Å². The Labute approximate surface area is 180 Å². The number of non-ortho nitro benzene ring substituents is 1. The number of hydrogen-bond acceptors (Lipinski definition) is 8. The minimum atomic E-state index is -3.92. The second kappa shape index (κ2) is 7.87. The Kier molecular flexibility index (Phi) is 5.40. The first kappa shape index (κ1) is 20.6. The van der Waals surface area contributed by atoms with E-state index in [-0.39, 0.29) is 29.6 Å². The van der Waals surface area contributed by atoms with Crippen molar-refractivity contribution in [2.45, 2.75) is 24.8 Å². The highest BCUT2D eigenvalue weighted by Crippen LogP contribution is 2.33. The Morgan fingerprint density at radius 3 is 2.83 bits per heavy atom. The van der Waals surface area contributed by atoms with Crippen LogP contribution in [-0.4, -0.2) is 35.1 Å². The number of thiophene rings is 1. The van der Waals surface area contributed by atoms with Crippen LogP contribution in [0.15, 0.2) is 40.6 Å². The maximum absolute atomic E-state index is 13.2. The lowest BCUT2D eigenvalue weighted by Crippen LogP contribution is -2.35. The summed E-state index contributed by atoms with van der Waals surface area (Å²) in [6.07, 6.45) is 0.397. The van der Waals surface area contributed by atoms with Crippen molar-refractivity contribution in [1.82, 2.24) is 9.29 Å². The Morgan fingerprint density at radius 1 is 1.33 bits per heavy atom. The van der Waals surface area contributed by atoms with Crippen LogP contribution in [-0.2, 0) is 23.0 Å². The van der Waals surface area contributed by atoms with Gasteiger partial charge in [-0.05, 0) is 23.9 Å². The van der Waals surface area contributed by atoms with E-state index in [2.05, 4.69) is 10.3 Å². The average Bonchev–Trinajstić information content (AvgIpc) is 3.36. The van der Waals surface area contributed by atoms with Crippen LogP contribution in [0.4, 0.5) is 10.8 Å². The standard InChI is InChI=1S/C18H16N4O5S3/c1-11-4-5-12(22(24)25)9-16(11)30(26,27)21-7-6-13-15(10-21)29-18(19-13)20-17(23)14-3-2-8-28-14/h2-5,8-9H,6-7,10H2,1H3,(H,19,20,23). The van der Waals surface area contributed by atoms with Crippen LogP contribution in [0.5, 0.6) is 0 Å². The van der Waals surface area contributed by atoms with Crippen molar-refractivity contribution in [2.24, 2.45) is 0 Å². The van der Waals surface area contributed by atoms with E-state index in [0.717, 1.165) is 16.6 Å². The van der Waals surface area contributed by atoms with E-state index in [1.165, 1.54) is 39.1 Å². The molecule has 30 heavy (non-hydrogen) atoms. The fraction of sp³-hybridized carbons (Fsp3) is 0.222. The average molecular weight is 465 g/mol. The van der Waals surface area contributed by atoms with Gasteiger partial charge in [0, 0.05) is 30.0 Å². The summed E-state index contributed by atoms with van der Waals surface area (Å²) in [7, 11) is -3.92. The Morgan fingerprint density at radius 2 is 2.13 bits per heavy atom. The van der Waals surface area contributed by atoms with Gasteiger partial charge in [0.2, 0.25) is 10.0 Å². The number of sulfonamides is 1. The number of carbonyl (C=O) groups is 1.